The Hall–Kier alpha value is -1.48. The predicted molar refractivity (Wildman–Crippen MR) is 99.2 cm³/mol. The van der Waals surface area contributed by atoms with Crippen LogP contribution in [0.25, 0.3) is 0 Å². The molecule has 1 unspecified atom stereocenters. The average molecular weight is 369 g/mol. The van der Waals surface area contributed by atoms with Gasteiger partial charge in [0.1, 0.15) is 0 Å². The number of carbonyl (C=O) groups excluding carboxylic acids is 1. The van der Waals surface area contributed by atoms with E-state index in [-0.39, 0.29) is 10.8 Å². The zero-order chi connectivity index (χ0) is 18.6. The monoisotopic (exact) mass is 368 g/mol. The third-order valence-corrected chi connectivity index (χ3v) is 6.47. The molecule has 1 aliphatic rings. The van der Waals surface area contributed by atoms with Crippen LogP contribution >= 0.6 is 0 Å². The summed E-state index contributed by atoms with van der Waals surface area (Å²) in [6.45, 7) is 3.80. The summed E-state index contributed by atoms with van der Waals surface area (Å²) in [6, 6.07) is 5.38. The highest BCUT2D eigenvalue weighted by Crippen LogP contribution is 2.22. The van der Waals surface area contributed by atoms with Gasteiger partial charge in [-0.25, -0.2) is 12.7 Å². The van der Waals surface area contributed by atoms with Crippen molar-refractivity contribution in [3.05, 3.63) is 23.8 Å². The van der Waals surface area contributed by atoms with Gasteiger partial charge in [-0.1, -0.05) is 6.07 Å². The molecule has 8 heteroatoms. The first kappa shape index (κ1) is 19.8. The molecule has 1 heterocycles. The molecule has 0 aliphatic carbocycles. The summed E-state index contributed by atoms with van der Waals surface area (Å²) in [5.74, 6) is -0.131. The summed E-state index contributed by atoms with van der Waals surface area (Å²) >= 11 is 0. The molecule has 2 rings (SSSR count). The molecule has 0 radical (unpaired) electrons. The number of nitrogens with zero attached hydrogens (tertiary/aromatic N) is 2. The van der Waals surface area contributed by atoms with Gasteiger partial charge in [-0.15, -0.1) is 0 Å². The first-order chi connectivity index (χ1) is 11.7. The van der Waals surface area contributed by atoms with E-state index in [0.29, 0.717) is 23.8 Å². The molecular formula is C17H28N4O3S. The van der Waals surface area contributed by atoms with Crippen LogP contribution in [-0.2, 0) is 14.8 Å². The maximum Gasteiger partial charge on any atom is 0.242 e. The van der Waals surface area contributed by atoms with E-state index in [1.165, 1.54) is 24.5 Å². The van der Waals surface area contributed by atoms with Crippen LogP contribution in [0.4, 0.5) is 5.69 Å². The Bertz CT molecular complexity index is 719. The molecule has 1 atom stereocenters. The Morgan fingerprint density at radius 2 is 2.08 bits per heavy atom. The van der Waals surface area contributed by atoms with E-state index in [0.717, 1.165) is 25.9 Å². The van der Waals surface area contributed by atoms with Crippen molar-refractivity contribution >= 4 is 21.6 Å². The number of aryl methyl sites for hydroxylation is 1. The lowest BCUT2D eigenvalue weighted by molar-refractivity contribution is -0.117. The largest absolute Gasteiger partial charge is 0.325 e. The van der Waals surface area contributed by atoms with Gasteiger partial charge in [0.15, 0.2) is 0 Å². The van der Waals surface area contributed by atoms with Crippen LogP contribution in [0.15, 0.2) is 23.1 Å². The second-order valence-corrected chi connectivity index (χ2v) is 8.80. The number of hydrogen-bond donors (Lipinski definition) is 2. The fraction of sp³-hybridized carbons (Fsp3) is 0.588. The third kappa shape index (κ3) is 5.01. The van der Waals surface area contributed by atoms with Crippen LogP contribution in [0.1, 0.15) is 18.4 Å². The fourth-order valence-electron chi connectivity index (χ4n) is 2.99. The van der Waals surface area contributed by atoms with Gasteiger partial charge in [-0.2, -0.15) is 0 Å². The Kier molecular flexibility index (Phi) is 6.56. The molecule has 1 aliphatic heterocycles. The zero-order valence-electron chi connectivity index (χ0n) is 15.4. The SMILES string of the molecule is CNC1CCCN(CC(=O)Nc2ccc(C)c(S(=O)(=O)N(C)C)c2)C1. The van der Waals surface area contributed by atoms with Crippen molar-refractivity contribution in [1.82, 2.24) is 14.5 Å². The van der Waals surface area contributed by atoms with E-state index in [4.69, 9.17) is 0 Å². The lowest BCUT2D eigenvalue weighted by Gasteiger charge is -2.31. The van der Waals surface area contributed by atoms with Crippen LogP contribution in [-0.4, -0.2) is 70.3 Å². The number of sulfonamides is 1. The second-order valence-electron chi connectivity index (χ2n) is 6.68. The first-order valence-electron chi connectivity index (χ1n) is 8.46. The van der Waals surface area contributed by atoms with Gasteiger partial charge < -0.3 is 10.6 Å². The molecule has 25 heavy (non-hydrogen) atoms. The Morgan fingerprint density at radius 1 is 1.36 bits per heavy atom. The molecule has 0 spiro atoms. The van der Waals surface area contributed by atoms with Crippen molar-refractivity contribution in [2.45, 2.75) is 30.7 Å². The van der Waals surface area contributed by atoms with Crippen LogP contribution < -0.4 is 10.6 Å². The average Bonchev–Trinajstić information content (AvgIpc) is 2.56. The van der Waals surface area contributed by atoms with E-state index in [9.17, 15) is 13.2 Å². The number of piperidine rings is 1. The van der Waals surface area contributed by atoms with Gasteiger partial charge in [0.2, 0.25) is 15.9 Å². The van der Waals surface area contributed by atoms with Crippen molar-refractivity contribution in [1.29, 1.82) is 0 Å². The quantitative estimate of drug-likeness (QED) is 0.779. The number of nitrogens with one attached hydrogen (secondary N) is 2. The molecule has 7 nitrogen and oxygen atoms in total. The number of likely N-dealkylation sites (N-methyl/N-ethyl adjacent to an activating group) is 1. The van der Waals surface area contributed by atoms with Crippen molar-refractivity contribution in [3.8, 4) is 0 Å². The molecule has 1 aromatic carbocycles. The minimum Gasteiger partial charge on any atom is -0.325 e. The zero-order valence-corrected chi connectivity index (χ0v) is 16.2. The Balaban J connectivity index is 2.06. The summed E-state index contributed by atoms with van der Waals surface area (Å²) in [5.41, 5.74) is 1.15. The topological polar surface area (TPSA) is 81.8 Å². The van der Waals surface area contributed by atoms with Gasteiger partial charge >= 0.3 is 0 Å². The van der Waals surface area contributed by atoms with Crippen LogP contribution in [0.5, 0.6) is 0 Å². The van der Waals surface area contributed by atoms with Gasteiger partial charge in [0.25, 0.3) is 0 Å². The summed E-state index contributed by atoms with van der Waals surface area (Å²) < 4.78 is 25.9. The van der Waals surface area contributed by atoms with E-state index >= 15 is 0 Å². The molecule has 0 saturated carbocycles. The molecule has 2 N–H and O–H groups in total. The number of likely N-dealkylation sites (tertiary alicyclic amines) is 1. The van der Waals surface area contributed by atoms with E-state index in [1.807, 2.05) is 7.05 Å². The van der Waals surface area contributed by atoms with Crippen molar-refractivity contribution in [2.24, 2.45) is 0 Å². The standard InChI is InChI=1S/C17H28N4O3S/c1-13-7-8-14(10-16(13)25(23,24)20(3)4)19-17(22)12-21-9-5-6-15(11-21)18-2/h7-8,10,15,18H,5-6,9,11-12H2,1-4H3,(H,19,22). The minimum absolute atomic E-state index is 0.131. The summed E-state index contributed by atoms with van der Waals surface area (Å²) in [7, 11) is 1.39. The number of anilines is 1. The van der Waals surface area contributed by atoms with E-state index < -0.39 is 10.0 Å². The van der Waals surface area contributed by atoms with Gasteiger partial charge in [0.05, 0.1) is 11.4 Å². The molecule has 0 aromatic heterocycles. The number of benzene rings is 1. The summed E-state index contributed by atoms with van der Waals surface area (Å²) in [5, 5.41) is 6.07. The number of rotatable bonds is 6. The number of amides is 1. The molecule has 0 bridgehead atoms. The Morgan fingerprint density at radius 3 is 2.72 bits per heavy atom. The maximum absolute atomic E-state index is 12.4. The molecule has 1 saturated heterocycles. The minimum atomic E-state index is -3.54. The summed E-state index contributed by atoms with van der Waals surface area (Å²) in [4.78, 5) is 14.7. The predicted octanol–water partition coefficient (Wildman–Crippen LogP) is 0.868. The Labute approximate surface area is 150 Å². The van der Waals surface area contributed by atoms with Crippen molar-refractivity contribution in [2.75, 3.05) is 46.1 Å². The van der Waals surface area contributed by atoms with Crippen LogP contribution in [0.3, 0.4) is 0 Å². The first-order valence-corrected chi connectivity index (χ1v) is 9.90. The molecule has 1 aromatic rings. The van der Waals surface area contributed by atoms with E-state index in [1.54, 1.807) is 19.1 Å². The lowest BCUT2D eigenvalue weighted by atomic mass is 10.1. The highest BCUT2D eigenvalue weighted by atomic mass is 32.2. The number of hydrogen-bond acceptors (Lipinski definition) is 5. The lowest BCUT2D eigenvalue weighted by Crippen LogP contribution is -2.46. The highest BCUT2D eigenvalue weighted by Gasteiger charge is 2.22. The highest BCUT2D eigenvalue weighted by molar-refractivity contribution is 7.89. The second kappa shape index (κ2) is 8.27. The van der Waals surface area contributed by atoms with Gasteiger partial charge in [-0.3, -0.25) is 9.69 Å². The van der Waals surface area contributed by atoms with Crippen LogP contribution in [0, 0.1) is 6.92 Å². The van der Waals surface area contributed by atoms with Crippen molar-refractivity contribution in [3.63, 3.8) is 0 Å². The van der Waals surface area contributed by atoms with Crippen molar-refractivity contribution < 1.29 is 13.2 Å². The maximum atomic E-state index is 12.4. The molecule has 1 amide bonds. The number of carbonyl (C=O) groups is 1. The van der Waals surface area contributed by atoms with Gasteiger partial charge in [0, 0.05) is 32.4 Å². The fourth-order valence-corrected chi connectivity index (χ4v) is 4.14. The van der Waals surface area contributed by atoms with Crippen LogP contribution in [0.2, 0.25) is 0 Å². The molecular weight excluding hydrogens is 340 g/mol. The summed E-state index contributed by atoms with van der Waals surface area (Å²) in [6.07, 6.45) is 2.19. The van der Waals surface area contributed by atoms with E-state index in [2.05, 4.69) is 15.5 Å². The van der Waals surface area contributed by atoms with Gasteiger partial charge in [-0.05, 0) is 51.1 Å². The molecule has 140 valence electrons. The normalized spacial score (nSPS) is 19.2. The molecule has 1 fully saturated rings. The third-order valence-electron chi connectivity index (χ3n) is 4.51. The smallest absolute Gasteiger partial charge is 0.242 e.